The standard InChI is InChI=1S/C29H27NO3/c1-3-15-33-23-12-8-7-11-22(23)30-28(31)26-24-18-9-5-6-10-19(18)25(27(26)29(30)32)21-16-17(4-2)13-14-20(21)24/h5-14,16,24-27H,3-4,15H2,1-2H3/t24-,25-,26+,27+/m1/s1. The molecule has 2 amide bonds. The van der Waals surface area contributed by atoms with Crippen LogP contribution in [0.1, 0.15) is 59.9 Å². The monoisotopic (exact) mass is 437 g/mol. The molecule has 7 rings (SSSR count). The number of carbonyl (C=O) groups excluding carboxylic acids is 2. The molecule has 0 spiro atoms. The maximum Gasteiger partial charge on any atom is 0.238 e. The molecule has 1 fully saturated rings. The van der Waals surface area contributed by atoms with E-state index < -0.39 is 0 Å². The SMILES string of the molecule is CCCOc1ccccc1N1C(=O)[C@H]2[C@@H]3c4ccccc4[C@H](c4cc(CC)ccc43)[C@@H]2C1=O. The molecule has 1 aliphatic heterocycles. The Bertz CT molecular complexity index is 1280. The third-order valence-electron chi connectivity index (χ3n) is 7.58. The first-order valence-electron chi connectivity index (χ1n) is 12.0. The fourth-order valence-corrected chi connectivity index (χ4v) is 6.21. The molecule has 1 heterocycles. The normalized spacial score (nSPS) is 24.5. The van der Waals surface area contributed by atoms with E-state index in [0.717, 1.165) is 12.8 Å². The zero-order valence-electron chi connectivity index (χ0n) is 19.0. The number of nitrogens with zero attached hydrogens (tertiary/aromatic N) is 1. The minimum atomic E-state index is -0.378. The van der Waals surface area contributed by atoms with E-state index in [2.05, 4.69) is 37.3 Å². The molecule has 3 aliphatic carbocycles. The van der Waals surface area contributed by atoms with Gasteiger partial charge in [-0.2, -0.15) is 0 Å². The van der Waals surface area contributed by atoms with Crippen molar-refractivity contribution in [1.82, 2.24) is 0 Å². The molecule has 0 saturated carbocycles. The number of para-hydroxylation sites is 2. The topological polar surface area (TPSA) is 46.6 Å². The zero-order chi connectivity index (χ0) is 22.7. The summed E-state index contributed by atoms with van der Waals surface area (Å²) < 4.78 is 5.93. The molecule has 3 aromatic rings. The lowest BCUT2D eigenvalue weighted by Crippen LogP contribution is -2.41. The van der Waals surface area contributed by atoms with Gasteiger partial charge in [0.1, 0.15) is 5.75 Å². The maximum atomic E-state index is 14.0. The van der Waals surface area contributed by atoms with Crippen LogP contribution < -0.4 is 9.64 Å². The molecule has 3 aromatic carbocycles. The van der Waals surface area contributed by atoms with Gasteiger partial charge >= 0.3 is 0 Å². The van der Waals surface area contributed by atoms with Gasteiger partial charge in [0.25, 0.3) is 0 Å². The first-order chi connectivity index (χ1) is 16.2. The van der Waals surface area contributed by atoms with E-state index in [-0.39, 0.29) is 35.5 Å². The second kappa shape index (κ2) is 7.58. The van der Waals surface area contributed by atoms with Crippen molar-refractivity contribution in [1.29, 1.82) is 0 Å². The fraction of sp³-hybridized carbons (Fsp3) is 0.310. The third-order valence-corrected chi connectivity index (χ3v) is 7.58. The number of carbonyl (C=O) groups is 2. The highest BCUT2D eigenvalue weighted by atomic mass is 16.5. The van der Waals surface area contributed by atoms with Gasteiger partial charge in [-0.15, -0.1) is 0 Å². The van der Waals surface area contributed by atoms with Gasteiger partial charge in [0.05, 0.1) is 24.1 Å². The summed E-state index contributed by atoms with van der Waals surface area (Å²) in [6, 6.07) is 22.4. The highest BCUT2D eigenvalue weighted by Gasteiger charge is 2.62. The number of imide groups is 1. The van der Waals surface area contributed by atoms with E-state index in [1.165, 1.54) is 32.7 Å². The lowest BCUT2D eigenvalue weighted by Gasteiger charge is -2.46. The number of aryl methyl sites for hydroxylation is 1. The summed E-state index contributed by atoms with van der Waals surface area (Å²) in [5.74, 6) is -0.560. The van der Waals surface area contributed by atoms with Crippen LogP contribution in [0.2, 0.25) is 0 Å². The molecule has 33 heavy (non-hydrogen) atoms. The number of hydrogen-bond acceptors (Lipinski definition) is 3. The van der Waals surface area contributed by atoms with Crippen molar-refractivity contribution < 1.29 is 14.3 Å². The summed E-state index contributed by atoms with van der Waals surface area (Å²) in [5, 5.41) is 0. The second-order valence-corrected chi connectivity index (χ2v) is 9.28. The second-order valence-electron chi connectivity index (χ2n) is 9.28. The van der Waals surface area contributed by atoms with Crippen LogP contribution in [-0.4, -0.2) is 18.4 Å². The largest absolute Gasteiger partial charge is 0.491 e. The van der Waals surface area contributed by atoms with Crippen molar-refractivity contribution in [2.75, 3.05) is 11.5 Å². The van der Waals surface area contributed by atoms with Crippen molar-refractivity contribution in [2.45, 2.75) is 38.5 Å². The van der Waals surface area contributed by atoms with Crippen molar-refractivity contribution in [2.24, 2.45) is 11.8 Å². The number of ether oxygens (including phenoxy) is 1. The molecule has 4 aliphatic rings. The van der Waals surface area contributed by atoms with Crippen LogP contribution in [0.3, 0.4) is 0 Å². The van der Waals surface area contributed by atoms with Crippen LogP contribution in [0.15, 0.2) is 66.7 Å². The summed E-state index contributed by atoms with van der Waals surface area (Å²) in [6.45, 7) is 4.74. The molecule has 4 nitrogen and oxygen atoms in total. The van der Waals surface area contributed by atoms with Gasteiger partial charge in [-0.1, -0.05) is 68.4 Å². The number of anilines is 1. The molecule has 4 atom stereocenters. The lowest BCUT2D eigenvalue weighted by atomic mass is 9.55. The Balaban J connectivity index is 1.52. The molecule has 166 valence electrons. The first-order valence-corrected chi connectivity index (χ1v) is 12.0. The fourth-order valence-electron chi connectivity index (χ4n) is 6.21. The van der Waals surface area contributed by atoms with Gasteiger partial charge in [0, 0.05) is 11.8 Å². The number of benzene rings is 3. The van der Waals surface area contributed by atoms with Gasteiger partial charge in [-0.25, -0.2) is 4.90 Å². The highest BCUT2D eigenvalue weighted by Crippen LogP contribution is 2.61. The Hall–Kier alpha value is -3.40. The average molecular weight is 438 g/mol. The summed E-state index contributed by atoms with van der Waals surface area (Å²) in [7, 11) is 0. The average Bonchev–Trinajstić information content (AvgIpc) is 3.12. The summed E-state index contributed by atoms with van der Waals surface area (Å²) in [6.07, 6.45) is 1.80. The van der Waals surface area contributed by atoms with Crippen molar-refractivity contribution >= 4 is 17.5 Å². The highest BCUT2D eigenvalue weighted by molar-refractivity contribution is 6.24. The van der Waals surface area contributed by atoms with Gasteiger partial charge in [-0.3, -0.25) is 9.59 Å². The smallest absolute Gasteiger partial charge is 0.238 e. The van der Waals surface area contributed by atoms with Gasteiger partial charge in [0.15, 0.2) is 0 Å². The Morgan fingerprint density at radius 2 is 1.36 bits per heavy atom. The van der Waals surface area contributed by atoms with E-state index in [4.69, 9.17) is 4.74 Å². The molecular weight excluding hydrogens is 410 g/mol. The van der Waals surface area contributed by atoms with E-state index in [1.807, 2.05) is 43.3 Å². The predicted molar refractivity (Wildman–Crippen MR) is 128 cm³/mol. The van der Waals surface area contributed by atoms with Crippen molar-refractivity contribution in [3.05, 3.63) is 94.5 Å². The van der Waals surface area contributed by atoms with Crippen LogP contribution in [0.5, 0.6) is 5.75 Å². The Morgan fingerprint density at radius 3 is 2.03 bits per heavy atom. The molecule has 1 saturated heterocycles. The van der Waals surface area contributed by atoms with Gasteiger partial charge in [-0.05, 0) is 52.8 Å². The molecule has 0 unspecified atom stereocenters. The van der Waals surface area contributed by atoms with Crippen LogP contribution in [0.25, 0.3) is 0 Å². The Kier molecular flexibility index (Phi) is 4.65. The van der Waals surface area contributed by atoms with Gasteiger partial charge in [0.2, 0.25) is 11.8 Å². The van der Waals surface area contributed by atoms with Gasteiger partial charge < -0.3 is 4.74 Å². The molecule has 2 bridgehead atoms. The lowest BCUT2D eigenvalue weighted by molar-refractivity contribution is -0.122. The van der Waals surface area contributed by atoms with Crippen LogP contribution in [-0.2, 0) is 16.0 Å². The number of amides is 2. The quantitative estimate of drug-likeness (QED) is 0.500. The maximum absolute atomic E-state index is 14.0. The first kappa shape index (κ1) is 20.2. The van der Waals surface area contributed by atoms with E-state index >= 15 is 0 Å². The van der Waals surface area contributed by atoms with Crippen LogP contribution in [0, 0.1) is 11.8 Å². The van der Waals surface area contributed by atoms with Crippen molar-refractivity contribution in [3.63, 3.8) is 0 Å². The summed E-state index contributed by atoms with van der Waals surface area (Å²) >= 11 is 0. The molecular formula is C29H27NO3. The number of hydrogen-bond donors (Lipinski definition) is 0. The minimum Gasteiger partial charge on any atom is -0.491 e. The van der Waals surface area contributed by atoms with Crippen LogP contribution >= 0.6 is 0 Å². The van der Waals surface area contributed by atoms with E-state index in [1.54, 1.807) is 0 Å². The van der Waals surface area contributed by atoms with E-state index in [0.29, 0.717) is 18.0 Å². The Labute approximate surface area is 194 Å². The number of rotatable bonds is 5. The van der Waals surface area contributed by atoms with Crippen LogP contribution in [0.4, 0.5) is 5.69 Å². The van der Waals surface area contributed by atoms with E-state index in [9.17, 15) is 9.59 Å². The minimum absolute atomic E-state index is 0.0946. The third kappa shape index (κ3) is 2.76. The zero-order valence-corrected chi connectivity index (χ0v) is 19.0. The molecule has 0 radical (unpaired) electrons. The summed E-state index contributed by atoms with van der Waals surface area (Å²) in [5.41, 5.74) is 6.65. The van der Waals surface area contributed by atoms with Crippen molar-refractivity contribution in [3.8, 4) is 5.75 Å². The molecule has 0 aromatic heterocycles. The molecule has 4 heteroatoms. The summed E-state index contributed by atoms with van der Waals surface area (Å²) in [4.78, 5) is 29.4. The predicted octanol–water partition coefficient (Wildman–Crippen LogP) is 5.43. The Morgan fingerprint density at radius 1 is 0.758 bits per heavy atom. The molecule has 0 N–H and O–H groups in total.